The zero-order chi connectivity index (χ0) is 14.7. The molecule has 0 radical (unpaired) electrons. The molecule has 0 amide bonds. The van der Waals surface area contributed by atoms with Crippen LogP contribution in [0.15, 0.2) is 27.3 Å². The molecule has 0 bridgehead atoms. The molecule has 7 nitrogen and oxygen atoms in total. The Labute approximate surface area is 135 Å². The summed E-state index contributed by atoms with van der Waals surface area (Å²) in [5.41, 5.74) is 5.87. The van der Waals surface area contributed by atoms with Crippen LogP contribution < -0.4 is 5.73 Å². The molecule has 2 aromatic heterocycles. The Bertz CT molecular complexity index is 560. The lowest BCUT2D eigenvalue weighted by molar-refractivity contribution is 0.00676. The molecule has 2 atom stereocenters. The minimum Gasteiger partial charge on any atom is -0.461 e. The Kier molecular flexibility index (Phi) is 5.96. The van der Waals surface area contributed by atoms with Crippen LogP contribution in [0.4, 0.5) is 0 Å². The van der Waals surface area contributed by atoms with E-state index in [-0.39, 0.29) is 24.6 Å². The van der Waals surface area contributed by atoms with E-state index in [1.165, 1.54) is 0 Å². The molecular formula is C14H21ClN4O3. The number of nitrogens with zero attached hydrogens (tertiary/aromatic N) is 3. The Hall–Kier alpha value is -1.41. The van der Waals surface area contributed by atoms with Crippen LogP contribution in [0.2, 0.25) is 0 Å². The molecule has 3 rings (SSSR count). The quantitative estimate of drug-likeness (QED) is 0.893. The first kappa shape index (κ1) is 17.0. The maximum atomic E-state index is 5.87. The lowest BCUT2D eigenvalue weighted by Crippen LogP contribution is -2.48. The number of hydrogen-bond donors (Lipinski definition) is 1. The number of likely N-dealkylation sites (tertiary alicyclic amines) is 1. The summed E-state index contributed by atoms with van der Waals surface area (Å²) in [4.78, 5) is 6.64. The van der Waals surface area contributed by atoms with Crippen LogP contribution in [0.3, 0.4) is 0 Å². The topological polar surface area (TPSA) is 90.5 Å². The fourth-order valence-electron chi connectivity index (χ4n) is 2.73. The monoisotopic (exact) mass is 328 g/mol. The molecule has 0 aliphatic carbocycles. The first-order valence-electron chi connectivity index (χ1n) is 7.13. The summed E-state index contributed by atoms with van der Waals surface area (Å²) in [6.45, 7) is 2.11. The number of aromatic nitrogens is 2. The Balaban J connectivity index is 0.00000176. The highest BCUT2D eigenvalue weighted by Crippen LogP contribution is 2.22. The third kappa shape index (κ3) is 3.67. The predicted octanol–water partition coefficient (Wildman–Crippen LogP) is 1.69. The van der Waals surface area contributed by atoms with Crippen molar-refractivity contribution in [3.8, 4) is 11.6 Å². The van der Waals surface area contributed by atoms with Gasteiger partial charge in [-0.05, 0) is 25.0 Å². The molecule has 2 aromatic rings. The molecule has 8 heteroatoms. The average Bonchev–Trinajstić information content (AvgIpc) is 3.18. The first-order valence-corrected chi connectivity index (χ1v) is 7.13. The normalized spacial score (nSPS) is 22.5. The number of halogens is 1. The van der Waals surface area contributed by atoms with Gasteiger partial charge in [0.1, 0.15) is 0 Å². The molecular weight excluding hydrogens is 308 g/mol. The molecule has 3 heterocycles. The van der Waals surface area contributed by atoms with E-state index in [9.17, 15) is 0 Å². The van der Waals surface area contributed by atoms with Gasteiger partial charge < -0.3 is 19.4 Å². The van der Waals surface area contributed by atoms with E-state index in [2.05, 4.69) is 15.0 Å². The Morgan fingerprint density at radius 2 is 2.36 bits per heavy atom. The van der Waals surface area contributed by atoms with Crippen LogP contribution in [0.1, 0.15) is 18.7 Å². The fraction of sp³-hybridized carbons (Fsp3) is 0.571. The summed E-state index contributed by atoms with van der Waals surface area (Å²) in [5, 5.41) is 3.94. The Morgan fingerprint density at radius 1 is 1.50 bits per heavy atom. The summed E-state index contributed by atoms with van der Waals surface area (Å²) in [6.07, 6.45) is 3.81. The standard InChI is InChI=1S/C14H20N4O3.ClH/c1-19-11-4-5-18(10(7-11)8-15)9-13-16-14(17-21-13)12-3-2-6-20-12;/h2-3,6,10-11H,4-5,7-9,15H2,1H3;1H. The predicted molar refractivity (Wildman–Crippen MR) is 82.5 cm³/mol. The van der Waals surface area contributed by atoms with Gasteiger partial charge in [0.2, 0.25) is 11.7 Å². The van der Waals surface area contributed by atoms with Crippen molar-refractivity contribution in [2.75, 3.05) is 20.2 Å². The van der Waals surface area contributed by atoms with E-state index in [1.54, 1.807) is 25.5 Å². The van der Waals surface area contributed by atoms with Gasteiger partial charge in [0.05, 0.1) is 18.9 Å². The summed E-state index contributed by atoms with van der Waals surface area (Å²) in [5.74, 6) is 1.67. The minimum atomic E-state index is 0. The summed E-state index contributed by atoms with van der Waals surface area (Å²) < 4.78 is 16.0. The van der Waals surface area contributed by atoms with Crippen molar-refractivity contribution >= 4 is 12.4 Å². The van der Waals surface area contributed by atoms with Crippen molar-refractivity contribution in [2.45, 2.75) is 31.5 Å². The number of furan rings is 1. The van der Waals surface area contributed by atoms with Gasteiger partial charge in [0.25, 0.3) is 0 Å². The molecule has 1 aliphatic rings. The number of rotatable bonds is 5. The molecule has 1 aliphatic heterocycles. The van der Waals surface area contributed by atoms with Crippen molar-refractivity contribution in [1.82, 2.24) is 15.0 Å². The molecule has 0 saturated carbocycles. The van der Waals surface area contributed by atoms with Gasteiger partial charge in [-0.2, -0.15) is 4.98 Å². The van der Waals surface area contributed by atoms with Gasteiger partial charge in [-0.15, -0.1) is 12.4 Å². The zero-order valence-corrected chi connectivity index (χ0v) is 13.3. The SMILES string of the molecule is COC1CCN(Cc2nc(-c3ccco3)no2)C(CN)C1.Cl. The van der Waals surface area contributed by atoms with E-state index in [0.29, 0.717) is 30.6 Å². The lowest BCUT2D eigenvalue weighted by atomic mass is 9.99. The maximum absolute atomic E-state index is 5.87. The highest BCUT2D eigenvalue weighted by Gasteiger charge is 2.28. The molecule has 22 heavy (non-hydrogen) atoms. The van der Waals surface area contributed by atoms with Crippen LogP contribution in [0, 0.1) is 0 Å². The molecule has 1 fully saturated rings. The minimum absolute atomic E-state index is 0. The number of ether oxygens (including phenoxy) is 1. The van der Waals surface area contributed by atoms with Crippen LogP contribution in [0.25, 0.3) is 11.6 Å². The van der Waals surface area contributed by atoms with Gasteiger partial charge in [-0.25, -0.2) is 0 Å². The third-order valence-corrected chi connectivity index (χ3v) is 3.94. The van der Waals surface area contributed by atoms with Crippen molar-refractivity contribution in [2.24, 2.45) is 5.73 Å². The molecule has 0 spiro atoms. The number of hydrogen-bond acceptors (Lipinski definition) is 7. The van der Waals surface area contributed by atoms with Crippen molar-refractivity contribution < 1.29 is 13.7 Å². The molecule has 2 unspecified atom stereocenters. The van der Waals surface area contributed by atoms with E-state index < -0.39 is 0 Å². The molecule has 1 saturated heterocycles. The van der Waals surface area contributed by atoms with Gasteiger partial charge in [-0.1, -0.05) is 5.16 Å². The molecule has 2 N–H and O–H groups in total. The van der Waals surface area contributed by atoms with Crippen LogP contribution >= 0.6 is 12.4 Å². The van der Waals surface area contributed by atoms with Crippen molar-refractivity contribution in [3.05, 3.63) is 24.3 Å². The second kappa shape index (κ2) is 7.73. The van der Waals surface area contributed by atoms with Crippen LogP contribution in [-0.2, 0) is 11.3 Å². The van der Waals surface area contributed by atoms with E-state index in [4.69, 9.17) is 19.4 Å². The van der Waals surface area contributed by atoms with E-state index in [0.717, 1.165) is 19.4 Å². The van der Waals surface area contributed by atoms with Gasteiger partial charge in [-0.3, -0.25) is 4.90 Å². The summed E-state index contributed by atoms with van der Waals surface area (Å²) in [6, 6.07) is 3.88. The van der Waals surface area contributed by atoms with Crippen LogP contribution in [-0.4, -0.2) is 47.4 Å². The highest BCUT2D eigenvalue weighted by molar-refractivity contribution is 5.85. The smallest absolute Gasteiger partial charge is 0.241 e. The van der Waals surface area contributed by atoms with Gasteiger partial charge >= 0.3 is 0 Å². The van der Waals surface area contributed by atoms with Gasteiger partial charge in [0.15, 0.2) is 5.76 Å². The van der Waals surface area contributed by atoms with Crippen LogP contribution in [0.5, 0.6) is 0 Å². The zero-order valence-electron chi connectivity index (χ0n) is 12.5. The second-order valence-electron chi connectivity index (χ2n) is 5.23. The van der Waals surface area contributed by atoms with E-state index in [1.807, 2.05) is 0 Å². The molecule has 122 valence electrons. The number of methoxy groups -OCH3 is 1. The van der Waals surface area contributed by atoms with Gasteiger partial charge in [0, 0.05) is 26.2 Å². The largest absolute Gasteiger partial charge is 0.461 e. The van der Waals surface area contributed by atoms with Crippen molar-refractivity contribution in [3.63, 3.8) is 0 Å². The Morgan fingerprint density at radius 3 is 3.05 bits per heavy atom. The van der Waals surface area contributed by atoms with Crippen molar-refractivity contribution in [1.29, 1.82) is 0 Å². The molecule has 0 aromatic carbocycles. The average molecular weight is 329 g/mol. The number of nitrogens with two attached hydrogens (primary N) is 1. The second-order valence-corrected chi connectivity index (χ2v) is 5.23. The number of piperidine rings is 1. The summed E-state index contributed by atoms with van der Waals surface area (Å²) in [7, 11) is 1.75. The highest BCUT2D eigenvalue weighted by atomic mass is 35.5. The summed E-state index contributed by atoms with van der Waals surface area (Å²) >= 11 is 0. The fourth-order valence-corrected chi connectivity index (χ4v) is 2.73. The maximum Gasteiger partial charge on any atom is 0.241 e. The third-order valence-electron chi connectivity index (χ3n) is 3.94. The lowest BCUT2D eigenvalue weighted by Gasteiger charge is -2.37. The van der Waals surface area contributed by atoms with E-state index >= 15 is 0 Å². The first-order chi connectivity index (χ1) is 10.3.